The zero-order valence-corrected chi connectivity index (χ0v) is 13.6. The summed E-state index contributed by atoms with van der Waals surface area (Å²) >= 11 is 3.03. The van der Waals surface area contributed by atoms with E-state index in [1.54, 1.807) is 0 Å². The van der Waals surface area contributed by atoms with E-state index < -0.39 is 44.6 Å². The number of nitrogens with zero attached hydrogens (tertiary/aromatic N) is 1. The van der Waals surface area contributed by atoms with Crippen LogP contribution in [0.25, 0.3) is 0 Å². The smallest absolute Gasteiger partial charge is 0.387 e. The lowest BCUT2D eigenvalue weighted by Gasteiger charge is -2.21. The van der Waals surface area contributed by atoms with Gasteiger partial charge in [-0.2, -0.15) is 0 Å². The molecule has 1 aromatic heterocycles. The van der Waals surface area contributed by atoms with Crippen molar-refractivity contribution in [1.29, 1.82) is 0 Å². The molecule has 0 aromatic carbocycles. The van der Waals surface area contributed by atoms with Crippen molar-refractivity contribution in [3.05, 3.63) is 16.6 Å². The summed E-state index contributed by atoms with van der Waals surface area (Å²) in [4.78, 5) is 35.5. The Bertz CT molecular complexity index is 621. The number of phosphoric acid groups is 1. The van der Waals surface area contributed by atoms with Crippen LogP contribution in [0.2, 0.25) is 0 Å². The van der Waals surface area contributed by atoms with Gasteiger partial charge >= 0.3 is 7.82 Å². The maximum Gasteiger partial charge on any atom is 0.472 e. The van der Waals surface area contributed by atoms with E-state index in [0.717, 1.165) is 0 Å². The second-order valence-electron chi connectivity index (χ2n) is 4.53. The normalized spacial score (nSPS) is 29.5. The van der Waals surface area contributed by atoms with Gasteiger partial charge in [-0.25, -0.2) is 9.55 Å². The van der Waals surface area contributed by atoms with Gasteiger partial charge in [0.25, 0.3) is 5.91 Å². The third kappa shape index (κ3) is 4.35. The number of aliphatic hydroxyl groups excluding tert-OH is 3. The van der Waals surface area contributed by atoms with Gasteiger partial charge in [-0.3, -0.25) is 9.32 Å². The minimum absolute atomic E-state index is 0.0502. The molecule has 5 atom stereocenters. The first kappa shape index (κ1) is 18.4. The van der Waals surface area contributed by atoms with Gasteiger partial charge in [0, 0.05) is 0 Å². The Hall–Kier alpha value is -0.890. The van der Waals surface area contributed by atoms with E-state index in [2.05, 4.69) is 35.7 Å². The van der Waals surface area contributed by atoms with Gasteiger partial charge in [0.1, 0.15) is 22.9 Å². The number of imidazole rings is 1. The molecule has 1 aromatic rings. The summed E-state index contributed by atoms with van der Waals surface area (Å²) in [5.41, 5.74) is -0.0502. The summed E-state index contributed by atoms with van der Waals surface area (Å²) in [6.45, 7) is 0. The van der Waals surface area contributed by atoms with Crippen molar-refractivity contribution < 1.29 is 43.7 Å². The summed E-state index contributed by atoms with van der Waals surface area (Å²) < 4.78 is 19.9. The Balaban J connectivity index is 2.03. The number of phosphoric ester groups is 1. The predicted molar refractivity (Wildman–Crippen MR) is 73.6 cm³/mol. The number of H-pyrrole nitrogens is 1. The fourth-order valence-electron chi connectivity index (χ4n) is 1.89. The number of hydrogen-bond donors (Lipinski definition) is 7. The van der Waals surface area contributed by atoms with E-state index in [1.807, 2.05) is 0 Å². The molecule has 1 aliphatic heterocycles. The van der Waals surface area contributed by atoms with Gasteiger partial charge in [-0.1, -0.05) is 0 Å². The highest BCUT2D eigenvalue weighted by Gasteiger charge is 2.48. The van der Waals surface area contributed by atoms with E-state index in [4.69, 9.17) is 14.5 Å². The molecule has 7 N–H and O–H groups in total. The van der Waals surface area contributed by atoms with Gasteiger partial charge in [-0.15, -0.1) is 0 Å². The van der Waals surface area contributed by atoms with E-state index in [9.17, 15) is 24.7 Å². The number of carbonyl (C=O) groups excluding carboxylic acids is 1. The molecule has 0 saturated carbocycles. The highest BCUT2D eigenvalue weighted by molar-refractivity contribution is 9.10. The highest BCUT2D eigenvalue weighted by atomic mass is 79.9. The van der Waals surface area contributed by atoms with Gasteiger partial charge in [0.05, 0.1) is 6.33 Å². The second-order valence-corrected chi connectivity index (χ2v) is 6.51. The van der Waals surface area contributed by atoms with Crippen molar-refractivity contribution >= 4 is 29.7 Å². The van der Waals surface area contributed by atoms with Crippen LogP contribution in [-0.2, 0) is 13.8 Å². The van der Waals surface area contributed by atoms with Crippen LogP contribution >= 0.6 is 23.8 Å². The molecule has 12 nitrogen and oxygen atoms in total. The molecule has 1 unspecified atom stereocenters. The van der Waals surface area contributed by atoms with E-state index in [0.29, 0.717) is 0 Å². The number of aromatic amines is 1. The molecule has 130 valence electrons. The monoisotopic (exact) mass is 417 g/mol. The van der Waals surface area contributed by atoms with Gasteiger partial charge < -0.3 is 40.1 Å². The van der Waals surface area contributed by atoms with Crippen molar-refractivity contribution in [3.8, 4) is 0 Å². The Morgan fingerprint density at radius 3 is 2.65 bits per heavy atom. The minimum atomic E-state index is -5.04. The Kier molecular flexibility index (Phi) is 5.56. The number of ether oxygens (including phenoxy) is 1. The number of rotatable bonds is 5. The molecule has 1 aliphatic rings. The summed E-state index contributed by atoms with van der Waals surface area (Å²) in [5, 5.41) is 31.3. The van der Waals surface area contributed by atoms with Crippen LogP contribution in [0.5, 0.6) is 0 Å². The lowest BCUT2D eigenvalue weighted by atomic mass is 10.1. The molecule has 2 rings (SSSR count). The number of amides is 1. The fraction of sp³-hybridized carbons (Fsp3) is 0.556. The van der Waals surface area contributed by atoms with E-state index in [1.165, 1.54) is 6.33 Å². The molecule has 14 heteroatoms. The number of aromatic nitrogens is 2. The number of nitrogens with one attached hydrogen (secondary N) is 2. The number of hydrogen-bond acceptors (Lipinski definition) is 8. The number of carbonyl (C=O) groups is 1. The predicted octanol–water partition coefficient (Wildman–Crippen LogP) is -2.22. The molecular weight excluding hydrogens is 405 g/mol. The lowest BCUT2D eigenvalue weighted by Crippen LogP contribution is -2.44. The van der Waals surface area contributed by atoms with Crippen LogP contribution in [-0.4, -0.2) is 71.8 Å². The molecular formula is C9H13BrN3O9P. The SMILES string of the molecule is O=C(N[C@@H]1O[C@H](C(O)OP(=O)(O)O)[C@@H](O)[C@H]1O)c1nc[nH]c1Br. The number of halogens is 1. The maximum atomic E-state index is 11.9. The maximum absolute atomic E-state index is 11.9. The molecule has 1 fully saturated rings. The van der Waals surface area contributed by atoms with Crippen molar-refractivity contribution in [3.63, 3.8) is 0 Å². The fourth-order valence-corrected chi connectivity index (χ4v) is 2.68. The first-order valence-corrected chi connectivity index (χ1v) is 8.36. The van der Waals surface area contributed by atoms with Crippen molar-refractivity contribution in [1.82, 2.24) is 15.3 Å². The molecule has 23 heavy (non-hydrogen) atoms. The average Bonchev–Trinajstić information content (AvgIpc) is 2.95. The van der Waals surface area contributed by atoms with E-state index in [-0.39, 0.29) is 10.3 Å². The minimum Gasteiger partial charge on any atom is -0.387 e. The van der Waals surface area contributed by atoms with Gasteiger partial charge in [-0.05, 0) is 15.9 Å². The lowest BCUT2D eigenvalue weighted by molar-refractivity contribution is -0.154. The zero-order valence-electron chi connectivity index (χ0n) is 11.1. The van der Waals surface area contributed by atoms with Crippen LogP contribution in [0.4, 0.5) is 0 Å². The second kappa shape index (κ2) is 6.93. The molecule has 1 saturated heterocycles. The summed E-state index contributed by atoms with van der Waals surface area (Å²) in [5.74, 6) is -0.763. The third-order valence-electron chi connectivity index (χ3n) is 2.91. The zero-order chi connectivity index (χ0) is 17.4. The first-order valence-electron chi connectivity index (χ1n) is 6.03. The average molecular weight is 418 g/mol. The largest absolute Gasteiger partial charge is 0.472 e. The summed E-state index contributed by atoms with van der Waals surface area (Å²) in [6, 6.07) is 0. The van der Waals surface area contributed by atoms with Gasteiger partial charge in [0.2, 0.25) is 0 Å². The van der Waals surface area contributed by atoms with Crippen LogP contribution in [0.1, 0.15) is 10.5 Å². The van der Waals surface area contributed by atoms with E-state index >= 15 is 0 Å². The van der Waals surface area contributed by atoms with Gasteiger partial charge in [0.15, 0.2) is 18.2 Å². The molecule has 0 bridgehead atoms. The highest BCUT2D eigenvalue weighted by Crippen LogP contribution is 2.39. The molecule has 0 aliphatic carbocycles. The number of aliphatic hydroxyl groups is 3. The van der Waals surface area contributed by atoms with Crippen molar-refractivity contribution in [2.75, 3.05) is 0 Å². The van der Waals surface area contributed by atoms with Crippen LogP contribution in [0.15, 0.2) is 10.9 Å². The molecule has 0 spiro atoms. The van der Waals surface area contributed by atoms with Crippen LogP contribution in [0, 0.1) is 0 Å². The third-order valence-corrected chi connectivity index (χ3v) is 4.00. The quantitative estimate of drug-likeness (QED) is 0.203. The van der Waals surface area contributed by atoms with Crippen LogP contribution in [0.3, 0.4) is 0 Å². The van der Waals surface area contributed by atoms with Crippen molar-refractivity contribution in [2.24, 2.45) is 0 Å². The molecule has 1 amide bonds. The molecule has 2 heterocycles. The molecule has 0 radical (unpaired) electrons. The Labute approximate surface area is 136 Å². The first-order chi connectivity index (χ1) is 10.6. The topological polar surface area (TPSA) is 194 Å². The Morgan fingerprint density at radius 2 is 2.13 bits per heavy atom. The Morgan fingerprint density at radius 1 is 1.48 bits per heavy atom. The standard InChI is InChI=1S/C9H13BrN3O9P/c10-6-2(11-1-12-6)7(16)13-8-4(15)3(14)5(21-8)9(17)22-23(18,19)20/h1,3-5,8-9,14-15,17H,(H,11,12)(H,13,16)(H2,18,19,20)/t3-,4+,5-,8+,9?/m0/s1. The summed E-state index contributed by atoms with van der Waals surface area (Å²) in [7, 11) is -5.04. The van der Waals surface area contributed by atoms with Crippen molar-refractivity contribution in [2.45, 2.75) is 30.8 Å². The van der Waals surface area contributed by atoms with Crippen LogP contribution < -0.4 is 5.32 Å². The summed E-state index contributed by atoms with van der Waals surface area (Å²) in [6.07, 6.45) is -7.56.